The summed E-state index contributed by atoms with van der Waals surface area (Å²) in [6, 6.07) is 10.0. The molecular weight excluding hydrogens is 419 g/mol. The zero-order valence-corrected chi connectivity index (χ0v) is 16.0. The van der Waals surface area contributed by atoms with E-state index in [2.05, 4.69) is 10.3 Å². The van der Waals surface area contributed by atoms with Crippen LogP contribution in [0.4, 0.5) is 4.39 Å². The van der Waals surface area contributed by atoms with E-state index in [9.17, 15) is 27.5 Å². The van der Waals surface area contributed by atoms with Crippen molar-refractivity contribution in [2.45, 2.75) is 11.5 Å². The van der Waals surface area contributed by atoms with Crippen molar-refractivity contribution in [2.24, 2.45) is 0 Å². The highest BCUT2D eigenvalue weighted by molar-refractivity contribution is 7.86. The van der Waals surface area contributed by atoms with Crippen LogP contribution in [-0.2, 0) is 25.7 Å². The lowest BCUT2D eigenvalue weighted by Gasteiger charge is -2.09. The Bertz CT molecular complexity index is 1230. The molecule has 0 atom stereocenters. The van der Waals surface area contributed by atoms with Crippen LogP contribution in [0.15, 0.2) is 53.4 Å². The second-order valence-corrected chi connectivity index (χ2v) is 7.75. The normalized spacial score (nSPS) is 11.4. The summed E-state index contributed by atoms with van der Waals surface area (Å²) in [5.41, 5.74) is 0.259. The largest absolute Gasteiger partial charge is 0.505 e. The molecule has 3 rings (SSSR count). The molecule has 1 aromatic heterocycles. The van der Waals surface area contributed by atoms with Gasteiger partial charge in [-0.3, -0.25) is 13.8 Å². The van der Waals surface area contributed by atoms with E-state index in [0.29, 0.717) is 5.56 Å². The fourth-order valence-electron chi connectivity index (χ4n) is 2.50. The quantitative estimate of drug-likeness (QED) is 0.478. The summed E-state index contributed by atoms with van der Waals surface area (Å²) in [5, 5.41) is 20.9. The number of amides is 1. The lowest BCUT2D eigenvalue weighted by molar-refractivity contribution is -0.135. The van der Waals surface area contributed by atoms with E-state index >= 15 is 0 Å². The van der Waals surface area contributed by atoms with Gasteiger partial charge >= 0.3 is 5.97 Å². The van der Waals surface area contributed by atoms with Crippen molar-refractivity contribution in [3.63, 3.8) is 0 Å². The zero-order chi connectivity index (χ0) is 21.9. The Hall–Kier alpha value is -3.57. The molecule has 0 spiro atoms. The maximum atomic E-state index is 12.9. The van der Waals surface area contributed by atoms with Crippen LogP contribution in [0.5, 0.6) is 5.75 Å². The van der Waals surface area contributed by atoms with Gasteiger partial charge in [-0.25, -0.2) is 9.37 Å². The number of aromatic hydroxyl groups is 1. The fraction of sp³-hybridized carbons (Fsp3) is 0.105. The standard InChI is InChI=1S/C19H15FN2O7S/c20-13-3-1-11(2-4-13)10-29-30(27,28)14-5-6-15-12(7-14)8-16(23)18(22-15)19(26)21-9-17(24)25/h1-8,23H,9-10H2,(H,21,26)(H,24,25). The van der Waals surface area contributed by atoms with Gasteiger partial charge in [-0.05, 0) is 42.0 Å². The first kappa shape index (κ1) is 21.1. The smallest absolute Gasteiger partial charge is 0.322 e. The first-order valence-corrected chi connectivity index (χ1v) is 9.84. The van der Waals surface area contributed by atoms with Crippen molar-refractivity contribution in [3.8, 4) is 5.75 Å². The Morgan fingerprint density at radius 3 is 2.47 bits per heavy atom. The van der Waals surface area contributed by atoms with E-state index in [-0.39, 0.29) is 22.4 Å². The molecule has 3 aromatic rings. The molecule has 1 heterocycles. The number of rotatable bonds is 7. The van der Waals surface area contributed by atoms with Crippen LogP contribution in [0.3, 0.4) is 0 Å². The van der Waals surface area contributed by atoms with Crippen LogP contribution in [0.1, 0.15) is 16.1 Å². The van der Waals surface area contributed by atoms with Crippen molar-refractivity contribution in [2.75, 3.05) is 6.54 Å². The van der Waals surface area contributed by atoms with Gasteiger partial charge in [0.25, 0.3) is 16.0 Å². The fourth-order valence-corrected chi connectivity index (χ4v) is 3.43. The molecule has 0 bridgehead atoms. The summed E-state index contributed by atoms with van der Waals surface area (Å²) < 4.78 is 42.8. The number of aliphatic carboxylic acids is 1. The van der Waals surface area contributed by atoms with E-state index in [1.807, 2.05) is 0 Å². The number of carbonyl (C=O) groups is 2. The molecule has 11 heteroatoms. The number of nitrogens with zero attached hydrogens (tertiary/aromatic N) is 1. The second kappa shape index (κ2) is 8.43. The van der Waals surface area contributed by atoms with Gasteiger partial charge in [0.05, 0.1) is 17.0 Å². The lowest BCUT2D eigenvalue weighted by atomic mass is 10.2. The summed E-state index contributed by atoms with van der Waals surface area (Å²) in [6.45, 7) is -0.951. The van der Waals surface area contributed by atoms with Crippen LogP contribution in [-0.4, -0.2) is 42.0 Å². The van der Waals surface area contributed by atoms with Gasteiger partial charge in [0.15, 0.2) is 5.69 Å². The van der Waals surface area contributed by atoms with Crippen molar-refractivity contribution >= 4 is 32.9 Å². The summed E-state index contributed by atoms with van der Waals surface area (Å²) in [6.07, 6.45) is 0. The minimum Gasteiger partial charge on any atom is -0.505 e. The van der Waals surface area contributed by atoms with E-state index < -0.39 is 45.8 Å². The number of carbonyl (C=O) groups excluding carboxylic acids is 1. The molecule has 0 saturated carbocycles. The molecule has 0 unspecified atom stereocenters. The molecular formula is C19H15FN2O7S. The van der Waals surface area contributed by atoms with Crippen LogP contribution in [0, 0.1) is 5.82 Å². The number of hydrogen-bond acceptors (Lipinski definition) is 7. The SMILES string of the molecule is O=C(O)CNC(=O)c1nc2ccc(S(=O)(=O)OCc3ccc(F)cc3)cc2cc1O. The number of pyridine rings is 1. The third kappa shape index (κ3) is 4.88. The number of nitrogens with one attached hydrogen (secondary N) is 1. The van der Waals surface area contributed by atoms with E-state index in [1.54, 1.807) is 0 Å². The van der Waals surface area contributed by atoms with Crippen molar-refractivity contribution in [1.29, 1.82) is 0 Å². The predicted octanol–water partition coefficient (Wildman–Crippen LogP) is 1.80. The van der Waals surface area contributed by atoms with Crippen LogP contribution in [0.2, 0.25) is 0 Å². The van der Waals surface area contributed by atoms with Gasteiger partial charge in [-0.2, -0.15) is 8.42 Å². The van der Waals surface area contributed by atoms with Gasteiger partial charge in [0.1, 0.15) is 18.1 Å². The van der Waals surface area contributed by atoms with Gasteiger partial charge < -0.3 is 15.5 Å². The molecule has 30 heavy (non-hydrogen) atoms. The predicted molar refractivity (Wildman–Crippen MR) is 102 cm³/mol. The highest BCUT2D eigenvalue weighted by Gasteiger charge is 2.19. The number of hydrogen-bond donors (Lipinski definition) is 3. The van der Waals surface area contributed by atoms with E-state index in [4.69, 9.17) is 9.29 Å². The molecule has 0 aliphatic rings. The number of fused-ring (bicyclic) bond motifs is 1. The van der Waals surface area contributed by atoms with Crippen molar-refractivity contribution < 1.29 is 36.8 Å². The van der Waals surface area contributed by atoms with Crippen molar-refractivity contribution in [1.82, 2.24) is 10.3 Å². The zero-order valence-electron chi connectivity index (χ0n) is 15.2. The summed E-state index contributed by atoms with van der Waals surface area (Å²) >= 11 is 0. The highest BCUT2D eigenvalue weighted by Crippen LogP contribution is 2.25. The molecule has 9 nitrogen and oxygen atoms in total. The van der Waals surface area contributed by atoms with Gasteiger partial charge in [-0.15, -0.1) is 0 Å². The second-order valence-electron chi connectivity index (χ2n) is 6.13. The summed E-state index contributed by atoms with van der Waals surface area (Å²) in [7, 11) is -4.17. The number of aromatic nitrogens is 1. The summed E-state index contributed by atoms with van der Waals surface area (Å²) in [4.78, 5) is 26.2. The van der Waals surface area contributed by atoms with Gasteiger partial charge in [0.2, 0.25) is 0 Å². The number of carboxylic acid groups (broad SMARTS) is 1. The Morgan fingerprint density at radius 1 is 1.10 bits per heavy atom. The molecule has 1 amide bonds. The first-order chi connectivity index (χ1) is 14.2. The molecule has 0 saturated heterocycles. The summed E-state index contributed by atoms with van der Waals surface area (Å²) in [5.74, 6) is -3.16. The third-order valence-corrected chi connectivity index (χ3v) is 5.22. The lowest BCUT2D eigenvalue weighted by Crippen LogP contribution is -2.29. The van der Waals surface area contributed by atoms with Crippen LogP contribution >= 0.6 is 0 Å². The molecule has 0 radical (unpaired) electrons. The molecule has 0 aliphatic heterocycles. The Kier molecular flexibility index (Phi) is 5.94. The monoisotopic (exact) mass is 434 g/mol. The number of benzene rings is 2. The number of carboxylic acids is 1. The molecule has 3 N–H and O–H groups in total. The Morgan fingerprint density at radius 2 is 1.80 bits per heavy atom. The topological polar surface area (TPSA) is 143 Å². The molecule has 0 fully saturated rings. The van der Waals surface area contributed by atoms with E-state index in [0.717, 1.165) is 6.07 Å². The maximum Gasteiger partial charge on any atom is 0.322 e. The maximum absolute atomic E-state index is 12.9. The third-order valence-electron chi connectivity index (χ3n) is 3.96. The first-order valence-electron chi connectivity index (χ1n) is 8.43. The average Bonchev–Trinajstić information content (AvgIpc) is 2.70. The molecule has 156 valence electrons. The van der Waals surface area contributed by atoms with Gasteiger partial charge in [-0.1, -0.05) is 12.1 Å². The highest BCUT2D eigenvalue weighted by atomic mass is 32.2. The van der Waals surface area contributed by atoms with Crippen molar-refractivity contribution in [3.05, 3.63) is 65.6 Å². The Labute approximate surface area is 169 Å². The van der Waals surface area contributed by atoms with Crippen LogP contribution < -0.4 is 5.32 Å². The minimum absolute atomic E-state index is 0.200. The molecule has 2 aromatic carbocycles. The minimum atomic E-state index is -4.17. The van der Waals surface area contributed by atoms with E-state index in [1.165, 1.54) is 42.5 Å². The number of halogens is 1. The van der Waals surface area contributed by atoms with Crippen LogP contribution in [0.25, 0.3) is 10.9 Å². The molecule has 0 aliphatic carbocycles. The van der Waals surface area contributed by atoms with Gasteiger partial charge in [0, 0.05) is 5.39 Å². The average molecular weight is 434 g/mol. The Balaban J connectivity index is 1.83.